The van der Waals surface area contributed by atoms with Crippen molar-refractivity contribution in [3.8, 4) is 5.69 Å². The molecular formula is C19H22N4O2S. The van der Waals surface area contributed by atoms with Crippen LogP contribution in [-0.2, 0) is 11.3 Å². The Labute approximate surface area is 157 Å². The minimum Gasteiger partial charge on any atom is -0.464 e. The second-order valence-electron chi connectivity index (χ2n) is 6.26. The Balaban J connectivity index is 1.67. The topological polar surface area (TPSA) is 64.2 Å². The maximum atomic E-state index is 12.4. The largest absolute Gasteiger partial charge is 0.464 e. The third-order valence-corrected chi connectivity index (χ3v) is 4.91. The Bertz CT molecular complexity index is 916. The number of amides is 1. The van der Waals surface area contributed by atoms with Gasteiger partial charge < -0.3 is 9.32 Å². The molecule has 7 heteroatoms. The summed E-state index contributed by atoms with van der Waals surface area (Å²) in [7, 11) is 1.78. The third-order valence-electron chi connectivity index (χ3n) is 3.99. The Morgan fingerprint density at radius 3 is 2.69 bits per heavy atom. The lowest BCUT2D eigenvalue weighted by molar-refractivity contribution is -0.127. The number of aromatic nitrogens is 3. The van der Waals surface area contributed by atoms with Gasteiger partial charge in [0.2, 0.25) is 5.91 Å². The lowest BCUT2D eigenvalue weighted by atomic mass is 10.2. The van der Waals surface area contributed by atoms with Gasteiger partial charge >= 0.3 is 0 Å². The smallest absolute Gasteiger partial charge is 0.233 e. The minimum atomic E-state index is 0.0144. The number of rotatable bonds is 6. The molecule has 0 saturated carbocycles. The van der Waals surface area contributed by atoms with Gasteiger partial charge in [-0.3, -0.25) is 9.36 Å². The molecule has 26 heavy (non-hydrogen) atoms. The summed E-state index contributed by atoms with van der Waals surface area (Å²) >= 11 is 1.39. The molecule has 0 unspecified atom stereocenters. The van der Waals surface area contributed by atoms with E-state index in [1.54, 1.807) is 11.9 Å². The summed E-state index contributed by atoms with van der Waals surface area (Å²) < 4.78 is 7.50. The molecular weight excluding hydrogens is 348 g/mol. The number of nitrogens with zero attached hydrogens (tertiary/aromatic N) is 4. The standard InChI is InChI=1S/C19H22N4O2S/c1-13-6-5-7-16(10-13)23-15(3)20-21-19(23)26-12-18(24)22(4)11-17-9-8-14(2)25-17/h5-10H,11-12H2,1-4H3. The monoisotopic (exact) mass is 370 g/mol. The molecule has 3 aromatic rings. The summed E-state index contributed by atoms with van der Waals surface area (Å²) in [6, 6.07) is 11.9. The highest BCUT2D eigenvalue weighted by Gasteiger charge is 2.16. The van der Waals surface area contributed by atoms with Crippen molar-refractivity contribution >= 4 is 17.7 Å². The van der Waals surface area contributed by atoms with Crippen LogP contribution in [0.5, 0.6) is 0 Å². The zero-order valence-electron chi connectivity index (χ0n) is 15.4. The highest BCUT2D eigenvalue weighted by Crippen LogP contribution is 2.23. The van der Waals surface area contributed by atoms with E-state index in [1.165, 1.54) is 11.8 Å². The summed E-state index contributed by atoms with van der Waals surface area (Å²) in [6.45, 7) is 6.30. The summed E-state index contributed by atoms with van der Waals surface area (Å²) in [5.74, 6) is 2.73. The predicted octanol–water partition coefficient (Wildman–Crippen LogP) is 3.54. The summed E-state index contributed by atoms with van der Waals surface area (Å²) in [4.78, 5) is 14.1. The molecule has 0 aliphatic rings. The lowest BCUT2D eigenvalue weighted by Gasteiger charge is -2.15. The van der Waals surface area contributed by atoms with Crippen molar-refractivity contribution in [2.45, 2.75) is 32.5 Å². The van der Waals surface area contributed by atoms with E-state index < -0.39 is 0 Å². The third kappa shape index (κ3) is 4.16. The highest BCUT2D eigenvalue weighted by atomic mass is 32.2. The van der Waals surface area contributed by atoms with E-state index in [1.807, 2.05) is 55.7 Å². The van der Waals surface area contributed by atoms with Crippen LogP contribution in [0, 0.1) is 20.8 Å². The fourth-order valence-electron chi connectivity index (χ4n) is 2.63. The quantitative estimate of drug-likeness (QED) is 0.621. The summed E-state index contributed by atoms with van der Waals surface area (Å²) in [5, 5.41) is 9.11. The second-order valence-corrected chi connectivity index (χ2v) is 7.20. The number of thioether (sulfide) groups is 1. The highest BCUT2D eigenvalue weighted by molar-refractivity contribution is 7.99. The van der Waals surface area contributed by atoms with Crippen LogP contribution >= 0.6 is 11.8 Å². The van der Waals surface area contributed by atoms with Gasteiger partial charge in [0.15, 0.2) is 5.16 Å². The van der Waals surface area contributed by atoms with Gasteiger partial charge in [0, 0.05) is 12.7 Å². The van der Waals surface area contributed by atoms with E-state index in [0.29, 0.717) is 17.5 Å². The molecule has 0 fully saturated rings. The molecule has 0 saturated heterocycles. The van der Waals surface area contributed by atoms with Gasteiger partial charge in [0.25, 0.3) is 0 Å². The molecule has 2 aromatic heterocycles. The van der Waals surface area contributed by atoms with E-state index in [4.69, 9.17) is 4.42 Å². The first-order chi connectivity index (χ1) is 12.4. The maximum absolute atomic E-state index is 12.4. The fraction of sp³-hybridized carbons (Fsp3) is 0.316. The molecule has 6 nitrogen and oxygen atoms in total. The van der Waals surface area contributed by atoms with Gasteiger partial charge in [-0.15, -0.1) is 10.2 Å². The summed E-state index contributed by atoms with van der Waals surface area (Å²) in [6.07, 6.45) is 0. The van der Waals surface area contributed by atoms with Crippen LogP contribution in [0.1, 0.15) is 22.9 Å². The SMILES string of the molecule is Cc1cccc(-n2c(C)nnc2SCC(=O)N(C)Cc2ccc(C)o2)c1. The lowest BCUT2D eigenvalue weighted by Crippen LogP contribution is -2.27. The van der Waals surface area contributed by atoms with Crippen LogP contribution in [0.2, 0.25) is 0 Å². The molecule has 0 spiro atoms. The number of carbonyl (C=O) groups excluding carboxylic acids is 1. The van der Waals surface area contributed by atoms with Crippen LogP contribution in [0.3, 0.4) is 0 Å². The van der Waals surface area contributed by atoms with Crippen molar-refractivity contribution in [1.82, 2.24) is 19.7 Å². The molecule has 0 radical (unpaired) electrons. The van der Waals surface area contributed by atoms with Crippen LogP contribution < -0.4 is 0 Å². The molecule has 0 N–H and O–H groups in total. The van der Waals surface area contributed by atoms with E-state index in [-0.39, 0.29) is 5.91 Å². The van der Waals surface area contributed by atoms with Crippen molar-refractivity contribution in [3.05, 3.63) is 59.3 Å². The number of furan rings is 1. The molecule has 0 bridgehead atoms. The predicted molar refractivity (Wildman–Crippen MR) is 101 cm³/mol. The van der Waals surface area contributed by atoms with E-state index in [2.05, 4.69) is 16.3 Å². The summed E-state index contributed by atoms with van der Waals surface area (Å²) in [5.41, 5.74) is 2.16. The van der Waals surface area contributed by atoms with Crippen LogP contribution in [-0.4, -0.2) is 38.4 Å². The van der Waals surface area contributed by atoms with Crippen LogP contribution in [0.25, 0.3) is 5.69 Å². The second kappa shape index (κ2) is 7.78. The first-order valence-corrected chi connectivity index (χ1v) is 9.34. The van der Waals surface area contributed by atoms with Gasteiger partial charge in [-0.05, 0) is 50.6 Å². The molecule has 1 amide bonds. The Morgan fingerprint density at radius 2 is 2.00 bits per heavy atom. The number of benzene rings is 1. The number of hydrogen-bond acceptors (Lipinski definition) is 5. The van der Waals surface area contributed by atoms with E-state index in [0.717, 1.165) is 28.6 Å². The van der Waals surface area contributed by atoms with Gasteiger partial charge in [-0.2, -0.15) is 0 Å². The molecule has 3 rings (SSSR count). The van der Waals surface area contributed by atoms with Gasteiger partial charge in [0.05, 0.1) is 12.3 Å². The van der Waals surface area contributed by atoms with Crippen molar-refractivity contribution in [3.63, 3.8) is 0 Å². The Morgan fingerprint density at radius 1 is 1.19 bits per heavy atom. The van der Waals surface area contributed by atoms with Crippen LogP contribution in [0.15, 0.2) is 46.0 Å². The Kier molecular flexibility index (Phi) is 5.46. The van der Waals surface area contributed by atoms with Gasteiger partial charge in [-0.1, -0.05) is 23.9 Å². The number of carbonyl (C=O) groups is 1. The first kappa shape index (κ1) is 18.3. The van der Waals surface area contributed by atoms with Crippen molar-refractivity contribution in [2.24, 2.45) is 0 Å². The van der Waals surface area contributed by atoms with E-state index in [9.17, 15) is 4.79 Å². The molecule has 0 aliphatic carbocycles. The molecule has 0 aliphatic heterocycles. The normalized spacial score (nSPS) is 10.9. The van der Waals surface area contributed by atoms with Gasteiger partial charge in [-0.25, -0.2) is 0 Å². The average Bonchev–Trinajstić information content (AvgIpc) is 3.18. The number of hydrogen-bond donors (Lipinski definition) is 0. The molecule has 1 aromatic carbocycles. The average molecular weight is 370 g/mol. The zero-order chi connectivity index (χ0) is 18.7. The molecule has 136 valence electrons. The molecule has 2 heterocycles. The van der Waals surface area contributed by atoms with E-state index >= 15 is 0 Å². The minimum absolute atomic E-state index is 0.0144. The number of aryl methyl sites for hydroxylation is 3. The fourth-order valence-corrected chi connectivity index (χ4v) is 3.57. The zero-order valence-corrected chi connectivity index (χ0v) is 16.2. The van der Waals surface area contributed by atoms with Crippen LogP contribution in [0.4, 0.5) is 0 Å². The van der Waals surface area contributed by atoms with Crippen molar-refractivity contribution in [1.29, 1.82) is 0 Å². The van der Waals surface area contributed by atoms with Gasteiger partial charge in [0.1, 0.15) is 17.3 Å². The first-order valence-electron chi connectivity index (χ1n) is 8.35. The molecule has 0 atom stereocenters. The Hall–Kier alpha value is -2.54. The maximum Gasteiger partial charge on any atom is 0.233 e. The van der Waals surface area contributed by atoms with Crippen molar-refractivity contribution < 1.29 is 9.21 Å². The van der Waals surface area contributed by atoms with Crippen molar-refractivity contribution in [2.75, 3.05) is 12.8 Å².